The summed E-state index contributed by atoms with van der Waals surface area (Å²) in [4.78, 5) is 31.2. The van der Waals surface area contributed by atoms with E-state index in [2.05, 4.69) is 56.7 Å². The van der Waals surface area contributed by atoms with E-state index in [1.54, 1.807) is 11.1 Å². The number of H-pyrrole nitrogens is 1. The normalized spacial score (nSPS) is 18.0. The summed E-state index contributed by atoms with van der Waals surface area (Å²) in [7, 11) is 0. The molecule has 3 aliphatic rings. The van der Waals surface area contributed by atoms with Crippen LogP contribution in [0.4, 0.5) is 16.2 Å². The Morgan fingerprint density at radius 2 is 1.71 bits per heavy atom. The smallest absolute Gasteiger partial charge is 0.333 e. The van der Waals surface area contributed by atoms with E-state index >= 15 is 0 Å². The Morgan fingerprint density at radius 1 is 0.974 bits per heavy atom. The third-order valence-corrected chi connectivity index (χ3v) is 7.62. The molecule has 1 aromatic heterocycles. The van der Waals surface area contributed by atoms with Gasteiger partial charge < -0.3 is 15.0 Å². The maximum absolute atomic E-state index is 13.7. The van der Waals surface area contributed by atoms with Crippen LogP contribution in [0.15, 0.2) is 42.5 Å². The molecule has 3 N–H and O–H groups in total. The second-order valence-corrected chi connectivity index (χ2v) is 10.2. The number of ether oxygens (including phenoxy) is 1. The Balaban J connectivity index is 1.20. The predicted octanol–water partition coefficient (Wildman–Crippen LogP) is 3.19. The van der Waals surface area contributed by atoms with E-state index in [1.165, 1.54) is 5.69 Å². The number of hydrazine groups is 1. The van der Waals surface area contributed by atoms with Crippen LogP contribution in [-0.4, -0.2) is 90.4 Å². The first-order valence-corrected chi connectivity index (χ1v) is 13.3. The number of morpholine rings is 1. The molecule has 2 amide bonds. The molecule has 0 atom stereocenters. The molecule has 0 spiro atoms. The van der Waals surface area contributed by atoms with Gasteiger partial charge in [0.2, 0.25) is 0 Å². The Labute approximate surface area is 221 Å². The molecule has 1 aliphatic carbocycles. The topological polar surface area (TPSA) is 106 Å². The summed E-state index contributed by atoms with van der Waals surface area (Å²) in [5.41, 5.74) is 8.43. The van der Waals surface area contributed by atoms with Gasteiger partial charge >= 0.3 is 6.03 Å². The number of ketones is 1. The zero-order chi connectivity index (χ0) is 26.2. The third-order valence-electron chi connectivity index (χ3n) is 7.62. The van der Waals surface area contributed by atoms with Gasteiger partial charge in [0.25, 0.3) is 0 Å². The lowest BCUT2D eigenvalue weighted by Gasteiger charge is -2.38. The van der Waals surface area contributed by atoms with Gasteiger partial charge in [0.15, 0.2) is 5.78 Å². The highest BCUT2D eigenvalue weighted by atomic mass is 16.5. The number of benzene rings is 2. The lowest BCUT2D eigenvalue weighted by atomic mass is 10.0. The van der Waals surface area contributed by atoms with Crippen molar-refractivity contribution < 1.29 is 14.3 Å². The summed E-state index contributed by atoms with van der Waals surface area (Å²) < 4.78 is 5.33. The van der Waals surface area contributed by atoms with Crippen molar-refractivity contribution in [3.8, 4) is 22.5 Å². The van der Waals surface area contributed by atoms with Crippen LogP contribution >= 0.6 is 0 Å². The van der Waals surface area contributed by atoms with Gasteiger partial charge in [-0.1, -0.05) is 24.3 Å². The molecule has 3 aromatic rings. The van der Waals surface area contributed by atoms with E-state index in [4.69, 9.17) is 4.74 Å². The molecule has 3 heterocycles. The second kappa shape index (κ2) is 10.2. The van der Waals surface area contributed by atoms with E-state index in [9.17, 15) is 9.59 Å². The van der Waals surface area contributed by atoms with Gasteiger partial charge in [0.1, 0.15) is 5.69 Å². The van der Waals surface area contributed by atoms with Crippen molar-refractivity contribution in [2.45, 2.75) is 19.9 Å². The first-order valence-electron chi connectivity index (χ1n) is 13.3. The van der Waals surface area contributed by atoms with E-state index in [1.807, 2.05) is 24.3 Å². The molecular weight excluding hydrogens is 482 g/mol. The summed E-state index contributed by atoms with van der Waals surface area (Å²) in [5.74, 6) is -0.144. The zero-order valence-corrected chi connectivity index (χ0v) is 21.8. The van der Waals surface area contributed by atoms with Gasteiger partial charge in [0, 0.05) is 62.1 Å². The molecule has 198 valence electrons. The van der Waals surface area contributed by atoms with Crippen LogP contribution in [0.5, 0.6) is 0 Å². The average Bonchev–Trinajstić information content (AvgIpc) is 3.49. The van der Waals surface area contributed by atoms with Crippen molar-refractivity contribution in [3.05, 3.63) is 53.6 Å². The standard InChI is InChI=1S/C28H33N7O3/c1-18(2)33-10-12-34(13-11-33)20-8-6-19(7-9-20)25-24-26(31-30-25)21-4-3-5-22(23(21)27(24)36)29-28(37)32-35-14-16-38-17-15-35/h3-9,18H,10-17H2,1-2H3,(H,30,31)(H2,29,32,37). The number of aromatic amines is 1. The summed E-state index contributed by atoms with van der Waals surface area (Å²) in [6, 6.07) is 13.9. The van der Waals surface area contributed by atoms with E-state index in [0.29, 0.717) is 60.5 Å². The van der Waals surface area contributed by atoms with Crippen molar-refractivity contribution in [1.82, 2.24) is 25.5 Å². The fraction of sp³-hybridized carbons (Fsp3) is 0.393. The monoisotopic (exact) mass is 515 g/mol. The number of nitrogens with one attached hydrogen (secondary N) is 3. The number of fused-ring (bicyclic) bond motifs is 3. The van der Waals surface area contributed by atoms with Gasteiger partial charge in [-0.05, 0) is 32.0 Å². The van der Waals surface area contributed by atoms with Crippen LogP contribution in [-0.2, 0) is 4.74 Å². The van der Waals surface area contributed by atoms with Crippen LogP contribution in [0.3, 0.4) is 0 Å². The van der Waals surface area contributed by atoms with Crippen molar-refractivity contribution in [2.24, 2.45) is 0 Å². The van der Waals surface area contributed by atoms with Crippen molar-refractivity contribution >= 4 is 23.2 Å². The first-order chi connectivity index (χ1) is 18.5. The minimum atomic E-state index is -0.385. The average molecular weight is 516 g/mol. The Kier molecular flexibility index (Phi) is 6.61. The highest BCUT2D eigenvalue weighted by Gasteiger charge is 2.35. The van der Waals surface area contributed by atoms with Crippen molar-refractivity contribution in [1.29, 1.82) is 0 Å². The van der Waals surface area contributed by atoms with Crippen LogP contribution < -0.4 is 15.6 Å². The Hall–Kier alpha value is -3.73. The molecule has 6 rings (SSSR count). The molecule has 38 heavy (non-hydrogen) atoms. The van der Waals surface area contributed by atoms with Crippen molar-refractivity contribution in [3.63, 3.8) is 0 Å². The number of hydrogen-bond acceptors (Lipinski definition) is 7. The number of rotatable bonds is 5. The number of urea groups is 1. The van der Waals surface area contributed by atoms with E-state index in [0.717, 1.165) is 37.3 Å². The van der Waals surface area contributed by atoms with Crippen LogP contribution in [0.25, 0.3) is 22.5 Å². The molecular formula is C28H33N7O3. The van der Waals surface area contributed by atoms with Crippen LogP contribution in [0, 0.1) is 0 Å². The second-order valence-electron chi connectivity index (χ2n) is 10.2. The Morgan fingerprint density at radius 3 is 2.42 bits per heavy atom. The van der Waals surface area contributed by atoms with Gasteiger partial charge in [-0.3, -0.25) is 20.2 Å². The lowest BCUT2D eigenvalue weighted by molar-refractivity contribution is 0.0207. The fourth-order valence-electron chi connectivity index (χ4n) is 5.49. The number of carbonyl (C=O) groups excluding carboxylic acids is 2. The molecule has 2 fully saturated rings. The maximum Gasteiger partial charge on any atom is 0.333 e. The molecule has 10 heteroatoms. The lowest BCUT2D eigenvalue weighted by Crippen LogP contribution is -2.49. The molecule has 10 nitrogen and oxygen atoms in total. The first kappa shape index (κ1) is 24.6. The number of carbonyl (C=O) groups is 2. The number of aromatic nitrogens is 2. The maximum atomic E-state index is 13.7. The minimum Gasteiger partial charge on any atom is -0.379 e. The summed E-state index contributed by atoms with van der Waals surface area (Å²) in [6.45, 7) is 11.0. The number of nitrogens with zero attached hydrogens (tertiary/aromatic N) is 4. The van der Waals surface area contributed by atoms with Crippen LogP contribution in [0.2, 0.25) is 0 Å². The molecule has 2 aromatic carbocycles. The molecule has 0 saturated carbocycles. The fourth-order valence-corrected chi connectivity index (χ4v) is 5.49. The minimum absolute atomic E-state index is 0.144. The van der Waals surface area contributed by atoms with Crippen molar-refractivity contribution in [2.75, 3.05) is 62.7 Å². The number of piperazine rings is 1. The number of hydrogen-bond donors (Lipinski definition) is 3. The highest BCUT2D eigenvalue weighted by molar-refractivity contribution is 6.26. The third kappa shape index (κ3) is 4.55. The molecule has 0 radical (unpaired) electrons. The highest BCUT2D eigenvalue weighted by Crippen LogP contribution is 2.43. The van der Waals surface area contributed by atoms with Gasteiger partial charge in [-0.15, -0.1) is 0 Å². The summed E-state index contributed by atoms with van der Waals surface area (Å²) >= 11 is 0. The van der Waals surface area contributed by atoms with Gasteiger partial charge in [0.05, 0.1) is 35.7 Å². The zero-order valence-electron chi connectivity index (χ0n) is 21.8. The van der Waals surface area contributed by atoms with E-state index < -0.39 is 0 Å². The summed E-state index contributed by atoms with van der Waals surface area (Å²) in [5, 5.41) is 12.3. The molecule has 2 saturated heterocycles. The number of anilines is 2. The van der Waals surface area contributed by atoms with Crippen LogP contribution in [0.1, 0.15) is 29.8 Å². The molecule has 0 bridgehead atoms. The largest absolute Gasteiger partial charge is 0.379 e. The molecule has 2 aliphatic heterocycles. The van der Waals surface area contributed by atoms with E-state index in [-0.39, 0.29) is 11.8 Å². The predicted molar refractivity (Wildman–Crippen MR) is 146 cm³/mol. The van der Waals surface area contributed by atoms with Gasteiger partial charge in [-0.2, -0.15) is 5.10 Å². The molecule has 0 unspecified atom stereocenters. The Bertz CT molecular complexity index is 1340. The summed E-state index contributed by atoms with van der Waals surface area (Å²) in [6.07, 6.45) is 0. The SMILES string of the molecule is CC(C)N1CCN(c2ccc(-c3[nH]nc4c3C(=O)c3c(NC(=O)NN5CCOCC5)cccc3-4)cc2)CC1. The number of amides is 2. The van der Waals surface area contributed by atoms with Gasteiger partial charge in [-0.25, -0.2) is 9.80 Å². The quantitative estimate of drug-likeness (QED) is 0.375.